The largest absolute Gasteiger partial charge is 1.00 e. The van der Waals surface area contributed by atoms with Crippen molar-refractivity contribution in [1.29, 1.82) is 0 Å². The number of unbranched alkanes of at least 4 members (excludes halogenated alkanes) is 6. The second-order valence-electron chi connectivity index (χ2n) is 5.72. The second-order valence-corrected chi connectivity index (χ2v) is 7.42. The molecule has 21 heavy (non-hydrogen) atoms. The van der Waals surface area contributed by atoms with Gasteiger partial charge in [-0.15, -0.1) is 20.3 Å². The Morgan fingerprint density at radius 3 is 2.19 bits per heavy atom. The number of fused-ring (bicyclic) bond motifs is 1. The minimum Gasteiger partial charge on any atom is -0.294 e. The molecule has 0 amide bonds. The van der Waals surface area contributed by atoms with Gasteiger partial charge in [0, 0.05) is 0 Å². The molecule has 2 aromatic rings. The molecule has 0 saturated carbocycles. The summed E-state index contributed by atoms with van der Waals surface area (Å²) in [6.07, 6.45) is 13.3. The SMILES string of the molecule is CCCCCCc1[c-]sc2c(CCCCCC)csc12.[Li+]. The molecule has 0 atom stereocenters. The summed E-state index contributed by atoms with van der Waals surface area (Å²) in [5.74, 6) is 0. The normalized spacial score (nSPS) is 11.0. The van der Waals surface area contributed by atoms with E-state index < -0.39 is 0 Å². The fourth-order valence-electron chi connectivity index (χ4n) is 2.67. The Morgan fingerprint density at radius 2 is 1.52 bits per heavy atom. The van der Waals surface area contributed by atoms with Gasteiger partial charge in [0.25, 0.3) is 0 Å². The van der Waals surface area contributed by atoms with Crippen LogP contribution in [0, 0.1) is 5.38 Å². The molecule has 0 N–H and O–H groups in total. The van der Waals surface area contributed by atoms with Crippen molar-refractivity contribution in [2.24, 2.45) is 0 Å². The Bertz CT molecular complexity index is 452. The van der Waals surface area contributed by atoms with Crippen molar-refractivity contribution in [2.45, 2.75) is 78.1 Å². The molecule has 0 aliphatic carbocycles. The van der Waals surface area contributed by atoms with Crippen LogP contribution in [0.15, 0.2) is 5.38 Å². The zero-order chi connectivity index (χ0) is 14.2. The molecule has 0 fully saturated rings. The van der Waals surface area contributed by atoms with Gasteiger partial charge in [-0.25, -0.2) is 11.3 Å². The van der Waals surface area contributed by atoms with Crippen LogP contribution in [-0.4, -0.2) is 0 Å². The van der Waals surface area contributed by atoms with Crippen molar-refractivity contribution < 1.29 is 18.9 Å². The standard InChI is InChI=1S/C18H27S2.Li/c1-3-5-7-9-11-15-13-19-18-16(14-20-17(15)18)12-10-8-6-4-2;/h13H,3-12H2,1-2H3;/q-1;+1. The van der Waals surface area contributed by atoms with E-state index in [0.29, 0.717) is 0 Å². The average molecular weight is 314 g/mol. The van der Waals surface area contributed by atoms with Crippen LogP contribution < -0.4 is 18.9 Å². The predicted octanol–water partition coefficient (Wildman–Crippen LogP) is 4.01. The van der Waals surface area contributed by atoms with Crippen molar-refractivity contribution in [3.05, 3.63) is 21.9 Å². The molecular formula is C18H27LiS2. The molecule has 0 aliphatic heterocycles. The number of rotatable bonds is 10. The maximum absolute atomic E-state index is 3.56. The van der Waals surface area contributed by atoms with Gasteiger partial charge in [0.1, 0.15) is 0 Å². The minimum atomic E-state index is 0. The fourth-order valence-corrected chi connectivity index (χ4v) is 5.04. The third-order valence-electron chi connectivity index (χ3n) is 3.95. The molecule has 0 unspecified atom stereocenters. The van der Waals surface area contributed by atoms with Crippen molar-refractivity contribution in [3.8, 4) is 0 Å². The quantitative estimate of drug-likeness (QED) is 0.353. The summed E-state index contributed by atoms with van der Waals surface area (Å²) in [7, 11) is 0. The predicted molar refractivity (Wildman–Crippen MR) is 94.2 cm³/mol. The van der Waals surface area contributed by atoms with Crippen LogP contribution in [0.4, 0.5) is 0 Å². The molecule has 0 bridgehead atoms. The third-order valence-corrected chi connectivity index (χ3v) is 6.18. The summed E-state index contributed by atoms with van der Waals surface area (Å²) >= 11 is 3.81. The molecule has 2 aromatic heterocycles. The van der Waals surface area contributed by atoms with Crippen LogP contribution in [0.25, 0.3) is 9.40 Å². The third kappa shape index (κ3) is 5.75. The first-order valence-electron chi connectivity index (χ1n) is 8.26. The van der Waals surface area contributed by atoms with Crippen molar-refractivity contribution in [1.82, 2.24) is 0 Å². The Labute approximate surface area is 150 Å². The number of hydrogen-bond donors (Lipinski definition) is 0. The molecule has 2 heterocycles. The van der Waals surface area contributed by atoms with E-state index >= 15 is 0 Å². The van der Waals surface area contributed by atoms with E-state index in [4.69, 9.17) is 0 Å². The Kier molecular flexibility index (Phi) is 10.0. The van der Waals surface area contributed by atoms with Crippen molar-refractivity contribution in [3.63, 3.8) is 0 Å². The van der Waals surface area contributed by atoms with Crippen LogP contribution in [-0.2, 0) is 12.8 Å². The minimum absolute atomic E-state index is 0. The van der Waals surface area contributed by atoms with Gasteiger partial charge in [0.05, 0.1) is 0 Å². The van der Waals surface area contributed by atoms with Gasteiger partial charge in [0.2, 0.25) is 0 Å². The molecule has 0 saturated heterocycles. The fraction of sp³-hybridized carbons (Fsp3) is 0.667. The van der Waals surface area contributed by atoms with Gasteiger partial charge in [-0.2, -0.15) is 0 Å². The topological polar surface area (TPSA) is 0 Å². The number of hydrogen-bond acceptors (Lipinski definition) is 2. The molecule has 0 aromatic carbocycles. The van der Waals surface area contributed by atoms with Gasteiger partial charge < -0.3 is 0 Å². The van der Waals surface area contributed by atoms with E-state index in [0.717, 1.165) is 0 Å². The van der Waals surface area contributed by atoms with Gasteiger partial charge in [-0.05, 0) is 18.2 Å². The first kappa shape index (κ1) is 19.3. The molecule has 0 radical (unpaired) electrons. The van der Waals surface area contributed by atoms with E-state index in [-0.39, 0.29) is 18.9 Å². The molecule has 3 heteroatoms. The monoisotopic (exact) mass is 314 g/mol. The molecule has 0 nitrogen and oxygen atoms in total. The Morgan fingerprint density at radius 1 is 0.857 bits per heavy atom. The average Bonchev–Trinajstić information content (AvgIpc) is 3.03. The second kappa shape index (κ2) is 10.9. The van der Waals surface area contributed by atoms with Crippen LogP contribution >= 0.6 is 22.7 Å². The first-order chi connectivity index (χ1) is 9.86. The molecular weight excluding hydrogens is 287 g/mol. The molecule has 0 aliphatic rings. The van der Waals surface area contributed by atoms with Crippen LogP contribution in [0.3, 0.4) is 0 Å². The van der Waals surface area contributed by atoms with Gasteiger partial charge in [-0.1, -0.05) is 70.8 Å². The summed E-state index contributed by atoms with van der Waals surface area (Å²) in [5, 5.41) is 5.96. The number of thiophene rings is 2. The Hall–Kier alpha value is 0.257. The maximum atomic E-state index is 3.56. The number of aryl methyl sites for hydroxylation is 2. The zero-order valence-corrected chi connectivity index (χ0v) is 15.6. The zero-order valence-electron chi connectivity index (χ0n) is 14.0. The summed E-state index contributed by atoms with van der Waals surface area (Å²) in [6, 6.07) is 0. The molecule has 112 valence electrons. The summed E-state index contributed by atoms with van der Waals surface area (Å²) in [4.78, 5) is 0. The smallest absolute Gasteiger partial charge is 0.294 e. The first-order valence-corrected chi connectivity index (χ1v) is 9.95. The summed E-state index contributed by atoms with van der Waals surface area (Å²) in [5.41, 5.74) is 3.08. The van der Waals surface area contributed by atoms with E-state index in [9.17, 15) is 0 Å². The van der Waals surface area contributed by atoms with Gasteiger partial charge >= 0.3 is 18.9 Å². The molecule has 2 rings (SSSR count). The van der Waals surface area contributed by atoms with Gasteiger partial charge in [0.15, 0.2) is 0 Å². The summed E-state index contributed by atoms with van der Waals surface area (Å²) in [6.45, 7) is 4.56. The van der Waals surface area contributed by atoms with E-state index in [1.165, 1.54) is 79.2 Å². The Balaban J connectivity index is 0.00000220. The van der Waals surface area contributed by atoms with Crippen LogP contribution in [0.2, 0.25) is 0 Å². The van der Waals surface area contributed by atoms with E-state index in [2.05, 4.69) is 24.6 Å². The van der Waals surface area contributed by atoms with E-state index in [1.54, 1.807) is 5.56 Å². The maximum Gasteiger partial charge on any atom is 1.00 e. The molecule has 0 spiro atoms. The van der Waals surface area contributed by atoms with Gasteiger partial charge in [-0.3, -0.25) is 11.3 Å². The van der Waals surface area contributed by atoms with E-state index in [1.807, 2.05) is 22.7 Å². The van der Waals surface area contributed by atoms with Crippen molar-refractivity contribution >= 4 is 32.1 Å². The summed E-state index contributed by atoms with van der Waals surface area (Å²) < 4.78 is 3.08. The van der Waals surface area contributed by atoms with Crippen LogP contribution in [0.5, 0.6) is 0 Å². The van der Waals surface area contributed by atoms with Crippen LogP contribution in [0.1, 0.15) is 76.3 Å². The van der Waals surface area contributed by atoms with Crippen molar-refractivity contribution in [2.75, 3.05) is 0 Å².